The van der Waals surface area contributed by atoms with Crippen molar-refractivity contribution in [2.75, 3.05) is 19.0 Å². The summed E-state index contributed by atoms with van der Waals surface area (Å²) in [6, 6.07) is 0. The van der Waals surface area contributed by atoms with Crippen molar-refractivity contribution in [2.24, 2.45) is 0 Å². The lowest BCUT2D eigenvalue weighted by atomic mass is 10.8. The van der Waals surface area contributed by atoms with E-state index in [4.69, 9.17) is 10.5 Å². The SMILES string of the molecule is N=CNCS(=O)(=O)NCCO. The van der Waals surface area contributed by atoms with Gasteiger partial charge in [0, 0.05) is 6.54 Å². The van der Waals surface area contributed by atoms with Crippen molar-refractivity contribution in [3.8, 4) is 0 Å². The first-order valence-corrected chi connectivity index (χ1v) is 4.58. The Morgan fingerprint density at radius 3 is 2.64 bits per heavy atom. The first-order chi connectivity index (χ1) is 5.12. The zero-order valence-electron chi connectivity index (χ0n) is 5.87. The molecule has 0 aromatic rings. The molecule has 0 bridgehead atoms. The highest BCUT2D eigenvalue weighted by Gasteiger charge is 2.05. The topological polar surface area (TPSA) is 102 Å². The van der Waals surface area contributed by atoms with E-state index >= 15 is 0 Å². The van der Waals surface area contributed by atoms with Crippen molar-refractivity contribution in [1.29, 1.82) is 5.41 Å². The van der Waals surface area contributed by atoms with Crippen LogP contribution in [0.1, 0.15) is 0 Å². The predicted molar refractivity (Wildman–Crippen MR) is 40.8 cm³/mol. The molecule has 7 heteroatoms. The summed E-state index contributed by atoms with van der Waals surface area (Å²) in [7, 11) is -3.38. The summed E-state index contributed by atoms with van der Waals surface area (Å²) in [6.07, 6.45) is 0.790. The fourth-order valence-corrected chi connectivity index (χ4v) is 1.21. The van der Waals surface area contributed by atoms with Crippen molar-refractivity contribution in [2.45, 2.75) is 0 Å². The van der Waals surface area contributed by atoms with Gasteiger partial charge in [-0.15, -0.1) is 0 Å². The number of hydrogen-bond donors (Lipinski definition) is 4. The highest BCUT2D eigenvalue weighted by molar-refractivity contribution is 7.89. The van der Waals surface area contributed by atoms with E-state index < -0.39 is 10.0 Å². The second-order valence-corrected chi connectivity index (χ2v) is 3.53. The third-order valence-electron chi connectivity index (χ3n) is 0.809. The molecule has 6 nitrogen and oxygen atoms in total. The molecular formula is C4H11N3O3S. The van der Waals surface area contributed by atoms with Crippen LogP contribution in [0.4, 0.5) is 0 Å². The van der Waals surface area contributed by atoms with Crippen LogP contribution >= 0.6 is 0 Å². The molecule has 0 saturated carbocycles. The van der Waals surface area contributed by atoms with E-state index in [1.807, 2.05) is 0 Å². The molecule has 0 amide bonds. The monoisotopic (exact) mass is 181 g/mol. The van der Waals surface area contributed by atoms with Gasteiger partial charge in [-0.05, 0) is 0 Å². The smallest absolute Gasteiger partial charge is 0.229 e. The molecule has 0 fully saturated rings. The highest BCUT2D eigenvalue weighted by Crippen LogP contribution is 1.77. The zero-order chi connectivity index (χ0) is 8.74. The van der Waals surface area contributed by atoms with E-state index in [-0.39, 0.29) is 19.0 Å². The van der Waals surface area contributed by atoms with Crippen LogP contribution in [-0.2, 0) is 10.0 Å². The van der Waals surface area contributed by atoms with Crippen molar-refractivity contribution in [1.82, 2.24) is 10.0 Å². The first-order valence-electron chi connectivity index (χ1n) is 2.93. The third kappa shape index (κ3) is 5.77. The van der Waals surface area contributed by atoms with Gasteiger partial charge in [0.05, 0.1) is 12.9 Å². The summed E-state index contributed by atoms with van der Waals surface area (Å²) in [6.45, 7) is -0.230. The maximum absolute atomic E-state index is 10.8. The Balaban J connectivity index is 3.71. The van der Waals surface area contributed by atoms with Gasteiger partial charge in [0.1, 0.15) is 5.88 Å². The summed E-state index contributed by atoms with van der Waals surface area (Å²) in [5, 5.41) is 17.0. The van der Waals surface area contributed by atoms with Crippen molar-refractivity contribution >= 4 is 16.4 Å². The number of aliphatic hydroxyl groups is 1. The van der Waals surface area contributed by atoms with E-state index in [0.29, 0.717) is 0 Å². The van der Waals surface area contributed by atoms with Crippen LogP contribution in [0, 0.1) is 5.41 Å². The summed E-state index contributed by atoms with van der Waals surface area (Å²) in [5.41, 5.74) is 0. The number of nitrogens with one attached hydrogen (secondary N) is 3. The molecule has 0 radical (unpaired) electrons. The average molecular weight is 181 g/mol. The molecule has 11 heavy (non-hydrogen) atoms. The fourth-order valence-electron chi connectivity index (χ4n) is 0.404. The maximum atomic E-state index is 10.8. The Kier molecular flexibility index (Phi) is 4.75. The molecule has 0 spiro atoms. The Labute approximate surface area is 65.2 Å². The lowest BCUT2D eigenvalue weighted by molar-refractivity contribution is 0.301. The number of hydrogen-bond acceptors (Lipinski definition) is 4. The van der Waals surface area contributed by atoms with Gasteiger partial charge in [-0.1, -0.05) is 0 Å². The Morgan fingerprint density at radius 1 is 1.55 bits per heavy atom. The van der Waals surface area contributed by atoms with Crippen LogP contribution in [-0.4, -0.2) is 38.9 Å². The fraction of sp³-hybridized carbons (Fsp3) is 0.750. The van der Waals surface area contributed by atoms with Crippen LogP contribution in [0.25, 0.3) is 0 Å². The van der Waals surface area contributed by atoms with E-state index in [0.717, 1.165) is 6.34 Å². The number of rotatable bonds is 6. The lowest BCUT2D eigenvalue weighted by Crippen LogP contribution is -2.34. The van der Waals surface area contributed by atoms with Crippen LogP contribution in [0.3, 0.4) is 0 Å². The predicted octanol–water partition coefficient (Wildman–Crippen LogP) is -1.95. The third-order valence-corrected chi connectivity index (χ3v) is 2.00. The average Bonchev–Trinajstić information content (AvgIpc) is 1.97. The Hall–Kier alpha value is -0.660. The Bertz CT molecular complexity index is 201. The minimum Gasteiger partial charge on any atom is -0.395 e. The molecule has 0 heterocycles. The largest absolute Gasteiger partial charge is 0.395 e. The molecule has 0 saturated heterocycles. The molecule has 0 rings (SSSR count). The zero-order valence-corrected chi connectivity index (χ0v) is 6.69. The first kappa shape index (κ1) is 10.3. The van der Waals surface area contributed by atoms with Crippen molar-refractivity contribution in [3.05, 3.63) is 0 Å². The van der Waals surface area contributed by atoms with E-state index in [2.05, 4.69) is 10.0 Å². The molecule has 66 valence electrons. The van der Waals surface area contributed by atoms with Gasteiger partial charge in [0.25, 0.3) is 0 Å². The van der Waals surface area contributed by atoms with Gasteiger partial charge in [-0.3, -0.25) is 5.41 Å². The lowest BCUT2D eigenvalue weighted by Gasteiger charge is -2.03. The molecule has 0 aliphatic rings. The summed E-state index contributed by atoms with van der Waals surface area (Å²) < 4.78 is 23.6. The molecule has 0 aliphatic heterocycles. The summed E-state index contributed by atoms with van der Waals surface area (Å²) >= 11 is 0. The molecule has 0 aliphatic carbocycles. The normalized spacial score (nSPS) is 11.0. The molecule has 0 unspecified atom stereocenters. The standard InChI is InChI=1S/C4H11N3O3S/c5-3-6-4-11(9,10)7-1-2-8/h3,7-8H,1-2,4H2,(H2,5,6). The molecule has 0 aromatic carbocycles. The number of sulfonamides is 1. The van der Waals surface area contributed by atoms with Gasteiger partial charge in [-0.25, -0.2) is 13.1 Å². The summed E-state index contributed by atoms with van der Waals surface area (Å²) in [5.74, 6) is -0.337. The van der Waals surface area contributed by atoms with Crippen LogP contribution in [0.15, 0.2) is 0 Å². The molecule has 0 atom stereocenters. The van der Waals surface area contributed by atoms with Gasteiger partial charge < -0.3 is 10.4 Å². The Morgan fingerprint density at radius 2 is 2.18 bits per heavy atom. The van der Waals surface area contributed by atoms with Crippen LogP contribution < -0.4 is 10.0 Å². The van der Waals surface area contributed by atoms with Gasteiger partial charge in [0.2, 0.25) is 10.0 Å². The van der Waals surface area contributed by atoms with E-state index in [1.54, 1.807) is 0 Å². The minimum absolute atomic E-state index is 0.00200. The van der Waals surface area contributed by atoms with Gasteiger partial charge >= 0.3 is 0 Å². The van der Waals surface area contributed by atoms with Crippen molar-refractivity contribution in [3.63, 3.8) is 0 Å². The second kappa shape index (κ2) is 5.05. The molecule has 0 aromatic heterocycles. The van der Waals surface area contributed by atoms with E-state index in [9.17, 15) is 8.42 Å². The summed E-state index contributed by atoms with van der Waals surface area (Å²) in [4.78, 5) is 0. The van der Waals surface area contributed by atoms with Crippen LogP contribution in [0.5, 0.6) is 0 Å². The minimum atomic E-state index is -3.38. The quantitative estimate of drug-likeness (QED) is 0.282. The van der Waals surface area contributed by atoms with Gasteiger partial charge in [-0.2, -0.15) is 0 Å². The molecular weight excluding hydrogens is 170 g/mol. The van der Waals surface area contributed by atoms with Crippen LogP contribution in [0.2, 0.25) is 0 Å². The highest BCUT2D eigenvalue weighted by atomic mass is 32.2. The van der Waals surface area contributed by atoms with Gasteiger partial charge in [0.15, 0.2) is 0 Å². The second-order valence-electron chi connectivity index (χ2n) is 1.73. The molecule has 4 N–H and O–H groups in total. The number of aliphatic hydroxyl groups excluding tert-OH is 1. The maximum Gasteiger partial charge on any atom is 0.229 e. The van der Waals surface area contributed by atoms with E-state index in [1.165, 1.54) is 0 Å². The van der Waals surface area contributed by atoms with Crippen molar-refractivity contribution < 1.29 is 13.5 Å².